The Morgan fingerprint density at radius 3 is 2.30 bits per heavy atom. The molecule has 3 heterocycles. The van der Waals surface area contributed by atoms with Crippen molar-refractivity contribution in [2.24, 2.45) is 0 Å². The van der Waals surface area contributed by atoms with Gasteiger partial charge in [-0.2, -0.15) is 24.5 Å². The molecule has 0 aliphatic carbocycles. The molecule has 3 aromatic carbocycles. The predicted octanol–water partition coefficient (Wildman–Crippen LogP) is 10.5. The maximum Gasteiger partial charge on any atom is 0.382 e. The molecule has 0 aliphatic heterocycles. The molecular formula is C36H33F3IrN2SSi-2. The summed E-state index contributed by atoms with van der Waals surface area (Å²) in [5, 5.41) is 2.21. The van der Waals surface area contributed by atoms with E-state index in [1.807, 2.05) is 30.3 Å². The quantitative estimate of drug-likeness (QED) is 0.131. The molecule has 229 valence electrons. The van der Waals surface area contributed by atoms with Gasteiger partial charge in [0.15, 0.2) is 0 Å². The Labute approximate surface area is 277 Å². The normalized spacial score (nSPS) is 12.3. The summed E-state index contributed by atoms with van der Waals surface area (Å²) in [4.78, 5) is 8.93. The second-order valence-corrected chi connectivity index (χ2v) is 17.8. The van der Waals surface area contributed by atoms with Gasteiger partial charge in [-0.25, -0.2) is 0 Å². The first-order valence-corrected chi connectivity index (χ1v) is 18.3. The van der Waals surface area contributed by atoms with Gasteiger partial charge in [0.2, 0.25) is 0 Å². The Bertz CT molecular complexity index is 1940. The number of aryl methyl sites for hydroxylation is 1. The molecule has 44 heavy (non-hydrogen) atoms. The zero-order valence-electron chi connectivity index (χ0n) is 26.4. The maximum absolute atomic E-state index is 13.6. The van der Waals surface area contributed by atoms with Crippen LogP contribution in [0.3, 0.4) is 0 Å². The second kappa shape index (κ2) is 13.5. The van der Waals surface area contributed by atoms with Crippen LogP contribution in [0, 0.1) is 19.1 Å². The molecule has 2 nitrogen and oxygen atoms in total. The van der Waals surface area contributed by atoms with Crippen LogP contribution in [0.2, 0.25) is 19.6 Å². The number of alkyl halides is 3. The van der Waals surface area contributed by atoms with Crippen LogP contribution in [0.4, 0.5) is 13.2 Å². The van der Waals surface area contributed by atoms with Gasteiger partial charge < -0.3 is 9.97 Å². The largest absolute Gasteiger partial charge is 0.382 e. The number of nitrogens with zero attached hydrogens (tertiary/aromatic N) is 2. The van der Waals surface area contributed by atoms with Crippen LogP contribution in [0.25, 0.3) is 42.7 Å². The first-order chi connectivity index (χ1) is 20.6. The number of thiophene rings is 1. The van der Waals surface area contributed by atoms with Crippen molar-refractivity contribution in [3.63, 3.8) is 0 Å². The molecule has 3 aromatic heterocycles. The third-order valence-electron chi connectivity index (χ3n) is 7.26. The van der Waals surface area contributed by atoms with E-state index in [4.69, 9.17) is 1.37 Å². The first-order valence-electron chi connectivity index (χ1n) is 14.5. The Morgan fingerprint density at radius 2 is 1.66 bits per heavy atom. The van der Waals surface area contributed by atoms with Crippen LogP contribution in [0.1, 0.15) is 37.8 Å². The van der Waals surface area contributed by atoms with Crippen molar-refractivity contribution >= 4 is 44.8 Å². The smallest absolute Gasteiger partial charge is 0.305 e. The average Bonchev–Trinajstić information content (AvgIpc) is 3.35. The van der Waals surface area contributed by atoms with Crippen molar-refractivity contribution < 1.29 is 34.6 Å². The third kappa shape index (κ3) is 7.21. The summed E-state index contributed by atoms with van der Waals surface area (Å²) >= 11 is 1.31. The van der Waals surface area contributed by atoms with Crippen molar-refractivity contribution in [3.8, 4) is 22.5 Å². The van der Waals surface area contributed by atoms with E-state index in [2.05, 4.69) is 67.0 Å². The van der Waals surface area contributed by atoms with Crippen LogP contribution >= 0.6 is 11.3 Å². The molecular weight excluding hydrogens is 770 g/mol. The zero-order chi connectivity index (χ0) is 31.9. The minimum atomic E-state index is -4.46. The fraction of sp³-hybridized carbons (Fsp3) is 0.222. The SMILES string of the molecule is Cc1cc(-c2[c-]cccc2)ncc1[Si](C)(C)C.[2H]C(C)(C)c1ccnc(-c2[c-]cc(C(F)(F)F)c3c2sc2ccccc23)c1.[Ir]. The van der Waals surface area contributed by atoms with Gasteiger partial charge in [0.05, 0.1) is 8.07 Å². The van der Waals surface area contributed by atoms with E-state index in [1.54, 1.807) is 44.3 Å². The maximum atomic E-state index is 13.6. The molecule has 0 atom stereocenters. The standard InChI is InChI=1S/C21H15F3NS.C15H18NSi.Ir/c1-12(2)13-9-10-25-17(11-13)14-7-8-16(21(22,23)24)19-15-5-3-4-6-18(15)26-20(14)19;1-12-10-14(13-8-6-5-7-9-13)16-11-15(12)17(2,3)4;/h3-6,8-12H,1-2H3;5-8,10-11H,1-4H3;/q2*-1;/i12D;;. The number of hydrogen-bond donors (Lipinski definition) is 0. The van der Waals surface area contributed by atoms with E-state index in [-0.39, 0.29) is 25.5 Å². The summed E-state index contributed by atoms with van der Waals surface area (Å²) in [7, 11) is -1.27. The monoisotopic (exact) mass is 804 g/mol. The number of fused-ring (bicyclic) bond motifs is 3. The Hall–Kier alpha value is -3.16. The van der Waals surface area contributed by atoms with Gasteiger partial charge in [-0.1, -0.05) is 80.3 Å². The molecule has 0 saturated heterocycles. The molecule has 0 N–H and O–H groups in total. The van der Waals surface area contributed by atoms with Crippen LogP contribution in [-0.2, 0) is 26.3 Å². The van der Waals surface area contributed by atoms with E-state index in [0.717, 1.165) is 27.6 Å². The molecule has 0 fully saturated rings. The van der Waals surface area contributed by atoms with Gasteiger partial charge in [0, 0.05) is 38.6 Å². The van der Waals surface area contributed by atoms with Gasteiger partial charge in [-0.15, -0.1) is 53.6 Å². The van der Waals surface area contributed by atoms with Crippen molar-refractivity contribution in [1.82, 2.24) is 9.97 Å². The van der Waals surface area contributed by atoms with E-state index in [0.29, 0.717) is 21.3 Å². The fourth-order valence-corrected chi connectivity index (χ4v) is 8.05. The molecule has 0 unspecified atom stereocenters. The van der Waals surface area contributed by atoms with Crippen LogP contribution < -0.4 is 5.19 Å². The molecule has 1 radical (unpaired) electrons. The van der Waals surface area contributed by atoms with Gasteiger partial charge in [-0.3, -0.25) is 0 Å². The second-order valence-electron chi connectivity index (χ2n) is 11.7. The average molecular weight is 804 g/mol. The number of pyridine rings is 2. The third-order valence-corrected chi connectivity index (χ3v) is 10.6. The van der Waals surface area contributed by atoms with Crippen molar-refractivity contribution in [2.75, 3.05) is 0 Å². The van der Waals surface area contributed by atoms with Gasteiger partial charge >= 0.3 is 6.18 Å². The molecule has 0 saturated carbocycles. The number of rotatable bonds is 4. The molecule has 6 rings (SSSR count). The molecule has 0 spiro atoms. The molecule has 8 heteroatoms. The summed E-state index contributed by atoms with van der Waals surface area (Å²) in [5.41, 5.74) is 4.56. The zero-order valence-corrected chi connectivity index (χ0v) is 29.6. The predicted molar refractivity (Wildman–Crippen MR) is 177 cm³/mol. The number of halogens is 3. The van der Waals surface area contributed by atoms with E-state index >= 15 is 0 Å². The van der Waals surface area contributed by atoms with Crippen molar-refractivity contribution in [2.45, 2.75) is 52.5 Å². The van der Waals surface area contributed by atoms with Gasteiger partial charge in [0.25, 0.3) is 0 Å². The Morgan fingerprint density at radius 1 is 0.932 bits per heavy atom. The summed E-state index contributed by atoms with van der Waals surface area (Å²) in [6.07, 6.45) is -0.821. The summed E-state index contributed by atoms with van der Waals surface area (Å²) in [5.74, 6) is -0.830. The minimum absolute atomic E-state index is 0. The Balaban J connectivity index is 0.000000222. The van der Waals surface area contributed by atoms with Crippen molar-refractivity contribution in [3.05, 3.63) is 114 Å². The fourth-order valence-electron chi connectivity index (χ4n) is 5.10. The minimum Gasteiger partial charge on any atom is -0.305 e. The summed E-state index contributed by atoms with van der Waals surface area (Å²) in [6, 6.07) is 27.8. The number of hydrogen-bond acceptors (Lipinski definition) is 3. The summed E-state index contributed by atoms with van der Waals surface area (Å²) < 4.78 is 50.4. The molecule has 0 bridgehead atoms. The van der Waals surface area contributed by atoms with E-state index < -0.39 is 25.7 Å². The van der Waals surface area contributed by atoms with Crippen LogP contribution in [0.5, 0.6) is 0 Å². The Kier molecular flexibility index (Phi) is 9.85. The van der Waals surface area contributed by atoms with Crippen LogP contribution in [-0.4, -0.2) is 18.0 Å². The van der Waals surface area contributed by atoms with E-state index in [9.17, 15) is 13.2 Å². The van der Waals surface area contributed by atoms with Gasteiger partial charge in [0.1, 0.15) is 0 Å². The molecule has 0 aliphatic rings. The van der Waals surface area contributed by atoms with E-state index in [1.165, 1.54) is 22.1 Å². The first kappa shape index (κ1) is 32.2. The van der Waals surface area contributed by atoms with Crippen molar-refractivity contribution in [1.29, 1.82) is 0 Å². The molecule has 6 aromatic rings. The topological polar surface area (TPSA) is 25.8 Å². The van der Waals surface area contributed by atoms with Crippen LogP contribution in [0.15, 0.2) is 85.2 Å². The molecule has 0 amide bonds. The number of benzene rings is 3. The number of aromatic nitrogens is 2. The van der Waals surface area contributed by atoms with Gasteiger partial charge in [-0.05, 0) is 57.2 Å². The summed E-state index contributed by atoms with van der Waals surface area (Å²) in [6.45, 7) is 12.8.